The normalized spacial score (nSPS) is 11.8. The maximum atomic E-state index is 12.7. The Morgan fingerprint density at radius 1 is 0.933 bits per heavy atom. The fourth-order valence-electron chi connectivity index (χ4n) is 3.06. The van der Waals surface area contributed by atoms with E-state index in [9.17, 15) is 9.59 Å². The number of hydrogen-bond acceptors (Lipinski definition) is 5. The Balaban J connectivity index is 1.43. The number of carbonyl (C=O) groups excluding carboxylic acids is 2. The number of aromatic nitrogens is 2. The zero-order valence-corrected chi connectivity index (χ0v) is 17.4. The minimum absolute atomic E-state index is 0.299. The third kappa shape index (κ3) is 4.21. The lowest BCUT2D eigenvalue weighted by Gasteiger charge is -2.14. The van der Waals surface area contributed by atoms with E-state index in [4.69, 9.17) is 0 Å². The highest BCUT2D eigenvalue weighted by Gasteiger charge is 2.19. The van der Waals surface area contributed by atoms with Crippen molar-refractivity contribution in [3.8, 4) is 10.6 Å². The van der Waals surface area contributed by atoms with Gasteiger partial charge < -0.3 is 5.32 Å². The average Bonchev–Trinajstić information content (AvgIpc) is 3.22. The van der Waals surface area contributed by atoms with Crippen molar-refractivity contribution in [2.24, 2.45) is 0 Å². The number of nitrogens with one attached hydrogen (secondary N) is 2. The fraction of sp³-hybridized carbons (Fsp3) is 0.130. The van der Waals surface area contributed by atoms with Crippen LogP contribution in [0.2, 0.25) is 0 Å². The van der Waals surface area contributed by atoms with Crippen LogP contribution in [0.25, 0.3) is 21.3 Å². The van der Waals surface area contributed by atoms with Crippen molar-refractivity contribution >= 4 is 39.1 Å². The molecular weight excluding hydrogens is 396 g/mol. The van der Waals surface area contributed by atoms with Crippen LogP contribution in [-0.2, 0) is 4.79 Å². The third-order valence-electron chi connectivity index (χ3n) is 4.73. The smallest absolute Gasteiger partial charge is 0.252 e. The number of amides is 2. The van der Waals surface area contributed by atoms with E-state index < -0.39 is 6.04 Å². The van der Waals surface area contributed by atoms with Crippen molar-refractivity contribution in [3.63, 3.8) is 0 Å². The second-order valence-electron chi connectivity index (χ2n) is 6.99. The molecule has 1 heterocycles. The number of rotatable bonds is 5. The minimum Gasteiger partial charge on any atom is -0.340 e. The first-order chi connectivity index (χ1) is 14.5. The number of aryl methyl sites for hydroxylation is 1. The van der Waals surface area contributed by atoms with Crippen molar-refractivity contribution in [1.29, 1.82) is 0 Å². The molecule has 2 N–H and O–H groups in total. The summed E-state index contributed by atoms with van der Waals surface area (Å²) in [5.41, 5.74) is 2.63. The van der Waals surface area contributed by atoms with Gasteiger partial charge >= 0.3 is 0 Å². The summed E-state index contributed by atoms with van der Waals surface area (Å²) in [6.07, 6.45) is 0. The van der Waals surface area contributed by atoms with E-state index in [1.165, 1.54) is 11.3 Å². The molecule has 1 aromatic heterocycles. The van der Waals surface area contributed by atoms with Gasteiger partial charge in [-0.15, -0.1) is 10.2 Å². The molecule has 4 rings (SSSR count). The first kappa shape index (κ1) is 19.7. The Kier molecular flexibility index (Phi) is 5.54. The predicted octanol–water partition coefficient (Wildman–Crippen LogP) is 4.42. The topological polar surface area (TPSA) is 84.0 Å². The zero-order valence-electron chi connectivity index (χ0n) is 16.5. The van der Waals surface area contributed by atoms with E-state index in [0.29, 0.717) is 10.7 Å². The highest BCUT2D eigenvalue weighted by atomic mass is 32.1. The predicted molar refractivity (Wildman–Crippen MR) is 120 cm³/mol. The Bertz CT molecular complexity index is 1210. The van der Waals surface area contributed by atoms with Gasteiger partial charge in [-0.05, 0) is 30.7 Å². The maximum absolute atomic E-state index is 12.7. The van der Waals surface area contributed by atoms with Crippen molar-refractivity contribution < 1.29 is 9.59 Å². The highest BCUT2D eigenvalue weighted by Crippen LogP contribution is 2.26. The first-order valence-electron chi connectivity index (χ1n) is 9.51. The van der Waals surface area contributed by atoms with Crippen molar-refractivity contribution in [3.05, 3.63) is 77.9 Å². The van der Waals surface area contributed by atoms with Crippen LogP contribution in [0.15, 0.2) is 66.7 Å². The Hall–Kier alpha value is -3.58. The van der Waals surface area contributed by atoms with Gasteiger partial charge in [0, 0.05) is 11.1 Å². The van der Waals surface area contributed by atoms with E-state index in [1.54, 1.807) is 13.0 Å². The van der Waals surface area contributed by atoms with Crippen LogP contribution >= 0.6 is 11.3 Å². The first-order valence-corrected chi connectivity index (χ1v) is 10.3. The fourth-order valence-corrected chi connectivity index (χ4v) is 3.82. The molecule has 0 radical (unpaired) electrons. The molecule has 3 aromatic carbocycles. The summed E-state index contributed by atoms with van der Waals surface area (Å²) in [7, 11) is 0. The average molecular weight is 417 g/mol. The van der Waals surface area contributed by atoms with Gasteiger partial charge in [0.15, 0.2) is 0 Å². The van der Waals surface area contributed by atoms with Crippen molar-refractivity contribution in [1.82, 2.24) is 15.5 Å². The molecule has 30 heavy (non-hydrogen) atoms. The number of benzene rings is 3. The monoisotopic (exact) mass is 416 g/mol. The van der Waals surface area contributed by atoms with E-state index in [1.807, 2.05) is 67.6 Å². The molecule has 0 aliphatic rings. The van der Waals surface area contributed by atoms with Gasteiger partial charge in [-0.3, -0.25) is 14.9 Å². The SMILES string of the molecule is Cc1ccc(-c2nnc(NC(=O)C(C)NC(=O)c3cccc4ccccc34)s2)cc1. The van der Waals surface area contributed by atoms with Crippen molar-refractivity contribution in [2.75, 3.05) is 5.32 Å². The van der Waals surface area contributed by atoms with Gasteiger partial charge in [-0.2, -0.15) is 0 Å². The summed E-state index contributed by atoms with van der Waals surface area (Å²) >= 11 is 1.29. The minimum atomic E-state index is -0.733. The van der Waals surface area contributed by atoms with Crippen LogP contribution in [0.5, 0.6) is 0 Å². The van der Waals surface area contributed by atoms with Gasteiger partial charge in [0.1, 0.15) is 11.0 Å². The maximum Gasteiger partial charge on any atom is 0.252 e. The van der Waals surface area contributed by atoms with Gasteiger partial charge in [-0.1, -0.05) is 77.6 Å². The van der Waals surface area contributed by atoms with Crippen LogP contribution in [0.4, 0.5) is 5.13 Å². The van der Waals surface area contributed by atoms with E-state index >= 15 is 0 Å². The molecule has 0 aliphatic heterocycles. The standard InChI is InChI=1S/C23H20N4O2S/c1-14-10-12-17(13-11-14)22-26-27-23(30-22)25-20(28)15(2)24-21(29)19-9-5-7-16-6-3-4-8-18(16)19/h3-13,15H,1-2H3,(H,24,29)(H,25,27,28). The van der Waals surface area contributed by atoms with Gasteiger partial charge in [0.05, 0.1) is 0 Å². The molecule has 1 atom stereocenters. The molecule has 7 heteroatoms. The molecule has 0 saturated carbocycles. The van der Waals surface area contributed by atoms with Crippen LogP contribution in [-0.4, -0.2) is 28.1 Å². The second kappa shape index (κ2) is 8.42. The lowest BCUT2D eigenvalue weighted by atomic mass is 10.0. The Morgan fingerprint density at radius 3 is 2.47 bits per heavy atom. The van der Waals surface area contributed by atoms with E-state index in [-0.39, 0.29) is 11.8 Å². The van der Waals surface area contributed by atoms with Gasteiger partial charge in [-0.25, -0.2) is 0 Å². The largest absolute Gasteiger partial charge is 0.340 e. The molecule has 0 bridgehead atoms. The summed E-state index contributed by atoms with van der Waals surface area (Å²) in [6.45, 7) is 3.66. The Morgan fingerprint density at radius 2 is 1.67 bits per heavy atom. The van der Waals surface area contributed by atoms with E-state index in [0.717, 1.165) is 26.9 Å². The van der Waals surface area contributed by atoms with Crippen LogP contribution in [0.3, 0.4) is 0 Å². The van der Waals surface area contributed by atoms with Gasteiger partial charge in [0.2, 0.25) is 11.0 Å². The second-order valence-corrected chi connectivity index (χ2v) is 7.97. The number of anilines is 1. The van der Waals surface area contributed by atoms with Crippen molar-refractivity contribution in [2.45, 2.75) is 19.9 Å². The molecule has 4 aromatic rings. The highest BCUT2D eigenvalue weighted by molar-refractivity contribution is 7.18. The molecule has 6 nitrogen and oxygen atoms in total. The van der Waals surface area contributed by atoms with Crippen LogP contribution in [0.1, 0.15) is 22.8 Å². The molecule has 0 saturated heterocycles. The van der Waals surface area contributed by atoms with Gasteiger partial charge in [0.25, 0.3) is 5.91 Å². The number of carbonyl (C=O) groups is 2. The molecule has 0 fully saturated rings. The number of fused-ring (bicyclic) bond motifs is 1. The summed E-state index contributed by atoms with van der Waals surface area (Å²) in [4.78, 5) is 25.3. The number of hydrogen-bond donors (Lipinski definition) is 2. The summed E-state index contributed by atoms with van der Waals surface area (Å²) < 4.78 is 0. The number of nitrogens with zero attached hydrogens (tertiary/aromatic N) is 2. The van der Waals surface area contributed by atoms with Crippen LogP contribution < -0.4 is 10.6 Å². The summed E-state index contributed by atoms with van der Waals surface area (Å²) in [5, 5.41) is 16.6. The lowest BCUT2D eigenvalue weighted by molar-refractivity contribution is -0.117. The molecular formula is C23H20N4O2S. The molecule has 150 valence electrons. The third-order valence-corrected chi connectivity index (χ3v) is 5.62. The summed E-state index contributed by atoms with van der Waals surface area (Å²) in [5.74, 6) is -0.651. The lowest BCUT2D eigenvalue weighted by Crippen LogP contribution is -2.41. The molecule has 1 unspecified atom stereocenters. The zero-order chi connectivity index (χ0) is 21.1. The van der Waals surface area contributed by atoms with Crippen LogP contribution in [0, 0.1) is 6.92 Å². The Labute approximate surface area is 178 Å². The van der Waals surface area contributed by atoms with E-state index in [2.05, 4.69) is 20.8 Å². The summed E-state index contributed by atoms with van der Waals surface area (Å²) in [6, 6.07) is 20.4. The quantitative estimate of drug-likeness (QED) is 0.504. The molecule has 2 amide bonds. The molecule has 0 spiro atoms. The molecule has 0 aliphatic carbocycles.